The third-order valence-corrected chi connectivity index (χ3v) is 4.67. The molecule has 0 amide bonds. The molecule has 3 atom stereocenters. The second-order valence-electron chi connectivity index (χ2n) is 6.88. The van der Waals surface area contributed by atoms with Crippen molar-refractivity contribution < 1.29 is 0 Å². The van der Waals surface area contributed by atoms with Crippen LogP contribution in [0.5, 0.6) is 0 Å². The lowest BCUT2D eigenvalue weighted by molar-refractivity contribution is 0.223. The van der Waals surface area contributed by atoms with E-state index in [2.05, 4.69) is 51.2 Å². The summed E-state index contributed by atoms with van der Waals surface area (Å²) in [5.41, 5.74) is 4.30. The van der Waals surface area contributed by atoms with E-state index in [1.54, 1.807) is 0 Å². The molecule has 2 rings (SSSR count). The molecule has 0 aliphatic heterocycles. The van der Waals surface area contributed by atoms with Crippen molar-refractivity contribution in [2.45, 2.75) is 65.8 Å². The molecule has 1 saturated carbocycles. The maximum atomic E-state index is 3.83. The smallest absolute Gasteiger partial charge is 0.0348 e. The summed E-state index contributed by atoms with van der Waals surface area (Å²) >= 11 is 0. The Kier molecular flexibility index (Phi) is 5.65. The molecule has 1 aliphatic rings. The molecule has 1 aromatic carbocycles. The van der Waals surface area contributed by atoms with Gasteiger partial charge in [-0.15, -0.1) is 0 Å². The average molecular weight is 273 g/mol. The van der Waals surface area contributed by atoms with E-state index in [4.69, 9.17) is 0 Å². The molecule has 0 spiro atoms. The fourth-order valence-corrected chi connectivity index (χ4v) is 3.83. The molecule has 0 saturated heterocycles. The Morgan fingerprint density at radius 2 is 1.85 bits per heavy atom. The van der Waals surface area contributed by atoms with Crippen LogP contribution in [0, 0.1) is 25.7 Å². The highest BCUT2D eigenvalue weighted by Gasteiger charge is 2.27. The van der Waals surface area contributed by atoms with E-state index in [9.17, 15) is 0 Å². The van der Waals surface area contributed by atoms with Crippen LogP contribution < -0.4 is 5.32 Å². The second-order valence-corrected chi connectivity index (χ2v) is 6.88. The number of rotatable bonds is 5. The van der Waals surface area contributed by atoms with Gasteiger partial charge in [-0.2, -0.15) is 0 Å². The first-order valence-corrected chi connectivity index (χ1v) is 8.41. The van der Waals surface area contributed by atoms with Gasteiger partial charge in [0.15, 0.2) is 0 Å². The highest BCUT2D eigenvalue weighted by atomic mass is 14.9. The van der Waals surface area contributed by atoms with Crippen molar-refractivity contribution in [3.05, 3.63) is 34.9 Å². The molecule has 20 heavy (non-hydrogen) atoms. The van der Waals surface area contributed by atoms with E-state index in [0.29, 0.717) is 6.04 Å². The zero-order valence-electron chi connectivity index (χ0n) is 13.7. The van der Waals surface area contributed by atoms with Crippen molar-refractivity contribution in [3.8, 4) is 0 Å². The number of benzene rings is 1. The minimum absolute atomic E-state index is 0.552. The molecule has 1 heteroatoms. The number of nitrogens with one attached hydrogen (secondary N) is 1. The largest absolute Gasteiger partial charge is 0.310 e. The Morgan fingerprint density at radius 1 is 1.15 bits per heavy atom. The van der Waals surface area contributed by atoms with Gasteiger partial charge in [-0.25, -0.2) is 0 Å². The number of aryl methyl sites for hydroxylation is 2. The Hall–Kier alpha value is -0.820. The van der Waals surface area contributed by atoms with Crippen molar-refractivity contribution >= 4 is 0 Å². The van der Waals surface area contributed by atoms with Crippen LogP contribution in [-0.4, -0.2) is 6.54 Å². The monoisotopic (exact) mass is 273 g/mol. The molecular formula is C19H31N. The average Bonchev–Trinajstić information content (AvgIpc) is 2.38. The molecule has 0 heterocycles. The van der Waals surface area contributed by atoms with Gasteiger partial charge in [0.1, 0.15) is 0 Å². The van der Waals surface area contributed by atoms with E-state index in [1.807, 2.05) is 0 Å². The maximum absolute atomic E-state index is 3.83. The second kappa shape index (κ2) is 7.26. The highest BCUT2D eigenvalue weighted by Crippen LogP contribution is 2.37. The van der Waals surface area contributed by atoms with Gasteiger partial charge in [0, 0.05) is 6.04 Å². The van der Waals surface area contributed by atoms with Crippen molar-refractivity contribution in [3.63, 3.8) is 0 Å². The minimum Gasteiger partial charge on any atom is -0.310 e. The summed E-state index contributed by atoms with van der Waals surface area (Å²) in [6.07, 6.45) is 6.81. The minimum atomic E-state index is 0.552. The van der Waals surface area contributed by atoms with Gasteiger partial charge in [-0.05, 0) is 57.1 Å². The van der Waals surface area contributed by atoms with E-state index < -0.39 is 0 Å². The molecule has 112 valence electrons. The van der Waals surface area contributed by atoms with Gasteiger partial charge in [0.05, 0.1) is 0 Å². The summed E-state index contributed by atoms with van der Waals surface area (Å²) in [7, 11) is 0. The molecular weight excluding hydrogens is 242 g/mol. The Bertz CT molecular complexity index is 404. The van der Waals surface area contributed by atoms with Gasteiger partial charge in [0.2, 0.25) is 0 Å². The molecule has 1 aliphatic carbocycles. The Labute approximate surface area is 125 Å². The summed E-state index contributed by atoms with van der Waals surface area (Å²) < 4.78 is 0. The number of hydrogen-bond acceptors (Lipinski definition) is 1. The lowest BCUT2D eigenvalue weighted by atomic mass is 9.76. The molecule has 0 aromatic heterocycles. The summed E-state index contributed by atoms with van der Waals surface area (Å²) in [4.78, 5) is 0. The van der Waals surface area contributed by atoms with Crippen LogP contribution in [0.3, 0.4) is 0 Å². The molecule has 1 aromatic rings. The van der Waals surface area contributed by atoms with Crippen LogP contribution in [0.15, 0.2) is 18.2 Å². The van der Waals surface area contributed by atoms with Crippen molar-refractivity contribution in [2.24, 2.45) is 11.8 Å². The van der Waals surface area contributed by atoms with Gasteiger partial charge in [0.25, 0.3) is 0 Å². The zero-order chi connectivity index (χ0) is 14.5. The van der Waals surface area contributed by atoms with E-state index in [1.165, 1.54) is 48.8 Å². The van der Waals surface area contributed by atoms with E-state index >= 15 is 0 Å². The summed E-state index contributed by atoms with van der Waals surface area (Å²) in [6.45, 7) is 10.2. The first-order valence-electron chi connectivity index (χ1n) is 8.41. The van der Waals surface area contributed by atoms with Gasteiger partial charge in [-0.1, -0.05) is 56.0 Å². The van der Waals surface area contributed by atoms with Crippen molar-refractivity contribution in [1.82, 2.24) is 5.32 Å². The van der Waals surface area contributed by atoms with Gasteiger partial charge < -0.3 is 5.32 Å². The van der Waals surface area contributed by atoms with Crippen LogP contribution in [0.25, 0.3) is 0 Å². The first-order chi connectivity index (χ1) is 9.60. The normalized spacial score (nSPS) is 24.6. The summed E-state index contributed by atoms with van der Waals surface area (Å²) in [5.74, 6) is 1.71. The van der Waals surface area contributed by atoms with Crippen molar-refractivity contribution in [1.29, 1.82) is 0 Å². The molecule has 1 nitrogen and oxygen atoms in total. The fourth-order valence-electron chi connectivity index (χ4n) is 3.83. The third-order valence-electron chi connectivity index (χ3n) is 4.67. The summed E-state index contributed by atoms with van der Waals surface area (Å²) in [6, 6.07) is 7.61. The lowest BCUT2D eigenvalue weighted by Crippen LogP contribution is -2.32. The van der Waals surface area contributed by atoms with Gasteiger partial charge >= 0.3 is 0 Å². The molecule has 0 bridgehead atoms. The summed E-state index contributed by atoms with van der Waals surface area (Å²) in [5, 5.41) is 3.83. The predicted molar refractivity (Wildman–Crippen MR) is 88.1 cm³/mol. The quantitative estimate of drug-likeness (QED) is 0.780. The first kappa shape index (κ1) is 15.6. The van der Waals surface area contributed by atoms with Gasteiger partial charge in [-0.3, -0.25) is 0 Å². The Morgan fingerprint density at radius 3 is 2.45 bits per heavy atom. The predicted octanol–water partition coefficient (Wildman–Crippen LogP) is 5.17. The highest BCUT2D eigenvalue weighted by molar-refractivity contribution is 5.31. The molecule has 1 N–H and O–H groups in total. The van der Waals surface area contributed by atoms with Crippen LogP contribution in [-0.2, 0) is 0 Å². The topological polar surface area (TPSA) is 12.0 Å². The van der Waals surface area contributed by atoms with Crippen LogP contribution in [0.2, 0.25) is 0 Å². The van der Waals surface area contributed by atoms with Crippen LogP contribution in [0.4, 0.5) is 0 Å². The fraction of sp³-hybridized carbons (Fsp3) is 0.684. The molecule has 1 fully saturated rings. The Balaban J connectivity index is 2.21. The zero-order valence-corrected chi connectivity index (χ0v) is 13.7. The van der Waals surface area contributed by atoms with Crippen LogP contribution >= 0.6 is 0 Å². The third kappa shape index (κ3) is 4.09. The van der Waals surface area contributed by atoms with E-state index in [-0.39, 0.29) is 0 Å². The van der Waals surface area contributed by atoms with Crippen molar-refractivity contribution in [2.75, 3.05) is 6.54 Å². The SMILES string of the molecule is CCCNC(c1cc(C)cc(C)c1)C1CCCC(C)C1. The molecule has 3 unspecified atom stereocenters. The lowest BCUT2D eigenvalue weighted by Gasteiger charge is -2.34. The molecule has 0 radical (unpaired) electrons. The number of hydrogen-bond donors (Lipinski definition) is 1. The maximum Gasteiger partial charge on any atom is 0.0348 e. The standard InChI is InChI=1S/C19H31N/c1-5-9-20-19(17-8-6-7-14(2)11-17)18-12-15(3)10-16(4)13-18/h10,12-14,17,19-20H,5-9,11H2,1-4H3. The van der Waals surface area contributed by atoms with Crippen LogP contribution in [0.1, 0.15) is 68.7 Å². The van der Waals surface area contributed by atoms with E-state index in [0.717, 1.165) is 18.4 Å².